The van der Waals surface area contributed by atoms with Crippen LogP contribution in [-0.4, -0.2) is 25.5 Å². The van der Waals surface area contributed by atoms with Crippen LogP contribution in [0, 0.1) is 6.92 Å². The summed E-state index contributed by atoms with van der Waals surface area (Å²) in [5.41, 5.74) is 6.50. The molecule has 6 nitrogen and oxygen atoms in total. The van der Waals surface area contributed by atoms with E-state index >= 15 is 0 Å². The van der Waals surface area contributed by atoms with Crippen LogP contribution in [0.3, 0.4) is 0 Å². The number of methoxy groups -OCH3 is 1. The largest absolute Gasteiger partial charge is 0.496 e. The van der Waals surface area contributed by atoms with Crippen molar-refractivity contribution >= 4 is 11.8 Å². The van der Waals surface area contributed by atoms with E-state index < -0.39 is 11.8 Å². The lowest BCUT2D eigenvalue weighted by Gasteiger charge is -2.10. The Morgan fingerprint density at radius 2 is 1.54 bits per heavy atom. The summed E-state index contributed by atoms with van der Waals surface area (Å²) in [4.78, 5) is 24.1. The van der Waals surface area contributed by atoms with Crippen LogP contribution in [0.15, 0.2) is 42.5 Å². The Hall–Kier alpha value is -3.02. The van der Waals surface area contributed by atoms with E-state index in [4.69, 9.17) is 9.47 Å². The molecule has 0 spiro atoms. The smallest absolute Gasteiger partial charge is 0.269 e. The number of ether oxygens (including phenoxy) is 2. The summed E-state index contributed by atoms with van der Waals surface area (Å²) >= 11 is 0. The highest BCUT2D eigenvalue weighted by molar-refractivity contribution is 5.99. The molecule has 0 aliphatic carbocycles. The molecule has 0 atom stereocenters. The average molecular weight is 328 g/mol. The van der Waals surface area contributed by atoms with E-state index in [0.29, 0.717) is 29.2 Å². The molecule has 2 aromatic rings. The quantitative estimate of drug-likeness (QED) is 0.827. The Labute approximate surface area is 140 Å². The van der Waals surface area contributed by atoms with Gasteiger partial charge in [-0.15, -0.1) is 0 Å². The molecule has 2 amide bonds. The summed E-state index contributed by atoms with van der Waals surface area (Å²) in [6, 6.07) is 11.7. The Morgan fingerprint density at radius 3 is 2.12 bits per heavy atom. The van der Waals surface area contributed by atoms with Crippen molar-refractivity contribution in [3.8, 4) is 11.5 Å². The van der Waals surface area contributed by atoms with E-state index in [9.17, 15) is 9.59 Å². The predicted octanol–water partition coefficient (Wildman–Crippen LogP) is 2.48. The van der Waals surface area contributed by atoms with E-state index in [1.165, 1.54) is 7.11 Å². The molecule has 0 bridgehead atoms. The number of hydrogen-bond donors (Lipinski definition) is 2. The first-order valence-corrected chi connectivity index (χ1v) is 7.53. The second kappa shape index (κ2) is 8.01. The van der Waals surface area contributed by atoms with E-state index in [1.807, 2.05) is 13.8 Å². The van der Waals surface area contributed by atoms with Crippen LogP contribution >= 0.6 is 0 Å². The Balaban J connectivity index is 1.96. The van der Waals surface area contributed by atoms with Crippen molar-refractivity contribution in [1.29, 1.82) is 0 Å². The molecular weight excluding hydrogens is 308 g/mol. The van der Waals surface area contributed by atoms with E-state index in [1.54, 1.807) is 42.5 Å². The third kappa shape index (κ3) is 4.25. The zero-order chi connectivity index (χ0) is 17.5. The van der Waals surface area contributed by atoms with E-state index in [2.05, 4.69) is 10.9 Å². The van der Waals surface area contributed by atoms with Gasteiger partial charge in [-0.3, -0.25) is 20.4 Å². The maximum atomic E-state index is 12.1. The summed E-state index contributed by atoms with van der Waals surface area (Å²) in [6.45, 7) is 4.33. The molecule has 6 heteroatoms. The third-order valence-electron chi connectivity index (χ3n) is 3.39. The predicted molar refractivity (Wildman–Crippen MR) is 90.3 cm³/mol. The van der Waals surface area contributed by atoms with Crippen molar-refractivity contribution in [1.82, 2.24) is 10.9 Å². The molecule has 2 N–H and O–H groups in total. The molecule has 2 aromatic carbocycles. The minimum Gasteiger partial charge on any atom is -0.496 e. The highest BCUT2D eigenvalue weighted by atomic mass is 16.5. The lowest BCUT2D eigenvalue weighted by atomic mass is 10.1. The summed E-state index contributed by atoms with van der Waals surface area (Å²) in [6.07, 6.45) is 0. The van der Waals surface area contributed by atoms with Gasteiger partial charge < -0.3 is 9.47 Å². The molecule has 0 fully saturated rings. The molecule has 0 aromatic heterocycles. The number of carbonyl (C=O) groups is 2. The fourth-order valence-corrected chi connectivity index (χ4v) is 2.09. The SMILES string of the molecule is CCOc1ccc(C(=O)NNC(=O)c2ccc(C)c(OC)c2)cc1. The van der Waals surface area contributed by atoms with Gasteiger partial charge in [-0.1, -0.05) is 6.07 Å². The number of rotatable bonds is 5. The van der Waals surface area contributed by atoms with Crippen LogP contribution in [0.25, 0.3) is 0 Å². The number of hydrogen-bond acceptors (Lipinski definition) is 4. The maximum absolute atomic E-state index is 12.1. The van der Waals surface area contributed by atoms with Crippen molar-refractivity contribution < 1.29 is 19.1 Å². The minimum absolute atomic E-state index is 0.393. The number of hydrazine groups is 1. The van der Waals surface area contributed by atoms with Crippen molar-refractivity contribution in [2.75, 3.05) is 13.7 Å². The topological polar surface area (TPSA) is 76.7 Å². The van der Waals surface area contributed by atoms with Crippen LogP contribution in [0.1, 0.15) is 33.2 Å². The molecule has 0 radical (unpaired) electrons. The molecule has 0 unspecified atom stereocenters. The normalized spacial score (nSPS) is 9.96. The van der Waals surface area contributed by atoms with Gasteiger partial charge in [-0.2, -0.15) is 0 Å². The first-order chi connectivity index (χ1) is 11.5. The van der Waals surface area contributed by atoms with Crippen molar-refractivity contribution in [3.63, 3.8) is 0 Å². The monoisotopic (exact) mass is 328 g/mol. The summed E-state index contributed by atoms with van der Waals surface area (Å²) in [5, 5.41) is 0. The first-order valence-electron chi connectivity index (χ1n) is 7.53. The van der Waals surface area contributed by atoms with E-state index in [-0.39, 0.29) is 0 Å². The zero-order valence-corrected chi connectivity index (χ0v) is 13.9. The molecule has 126 valence electrons. The van der Waals surface area contributed by atoms with E-state index in [0.717, 1.165) is 5.56 Å². The standard InChI is InChI=1S/C18H20N2O4/c1-4-24-15-9-7-13(8-10-15)17(21)19-20-18(22)14-6-5-12(2)16(11-14)23-3/h5-11H,4H2,1-3H3,(H,19,21)(H,20,22). The van der Waals surface area contributed by atoms with Gasteiger partial charge in [0.1, 0.15) is 11.5 Å². The molecular formula is C18H20N2O4. The molecule has 0 saturated heterocycles. The van der Waals surface area contributed by atoms with Gasteiger partial charge in [0.05, 0.1) is 13.7 Å². The van der Waals surface area contributed by atoms with Gasteiger partial charge in [0.25, 0.3) is 11.8 Å². The molecule has 2 rings (SSSR count). The molecule has 24 heavy (non-hydrogen) atoms. The van der Waals surface area contributed by atoms with Crippen LogP contribution in [0.4, 0.5) is 0 Å². The lowest BCUT2D eigenvalue weighted by molar-refractivity contribution is 0.0846. The molecule has 0 saturated carbocycles. The van der Waals surface area contributed by atoms with Crippen LogP contribution in [0.5, 0.6) is 11.5 Å². The molecule has 0 aliphatic rings. The van der Waals surface area contributed by atoms with Crippen molar-refractivity contribution in [2.45, 2.75) is 13.8 Å². The second-order valence-corrected chi connectivity index (χ2v) is 5.05. The van der Waals surface area contributed by atoms with Gasteiger partial charge in [0.15, 0.2) is 0 Å². The van der Waals surface area contributed by atoms with Crippen LogP contribution in [0.2, 0.25) is 0 Å². The number of amides is 2. The third-order valence-corrected chi connectivity index (χ3v) is 3.39. The van der Waals surface area contributed by atoms with Crippen molar-refractivity contribution in [2.24, 2.45) is 0 Å². The minimum atomic E-state index is -0.424. The fraction of sp³-hybridized carbons (Fsp3) is 0.222. The number of aryl methyl sites for hydroxylation is 1. The highest BCUT2D eigenvalue weighted by Gasteiger charge is 2.11. The maximum Gasteiger partial charge on any atom is 0.269 e. The Morgan fingerprint density at radius 1 is 0.958 bits per heavy atom. The second-order valence-electron chi connectivity index (χ2n) is 5.05. The van der Waals surface area contributed by atoms with Gasteiger partial charge in [-0.05, 0) is 55.8 Å². The fourth-order valence-electron chi connectivity index (χ4n) is 2.09. The summed E-state index contributed by atoms with van der Waals surface area (Å²) < 4.78 is 10.5. The Bertz CT molecular complexity index is 726. The van der Waals surface area contributed by atoms with Crippen LogP contribution < -0.4 is 20.3 Å². The number of carbonyl (C=O) groups excluding carboxylic acids is 2. The Kier molecular flexibility index (Phi) is 5.78. The van der Waals surface area contributed by atoms with Gasteiger partial charge >= 0.3 is 0 Å². The average Bonchev–Trinajstić information content (AvgIpc) is 2.60. The molecule has 0 heterocycles. The van der Waals surface area contributed by atoms with Crippen molar-refractivity contribution in [3.05, 3.63) is 59.2 Å². The van der Waals surface area contributed by atoms with Gasteiger partial charge in [0, 0.05) is 11.1 Å². The zero-order valence-electron chi connectivity index (χ0n) is 13.9. The summed E-state index contributed by atoms with van der Waals surface area (Å²) in [7, 11) is 1.54. The lowest BCUT2D eigenvalue weighted by Crippen LogP contribution is -2.41. The van der Waals surface area contributed by atoms with Gasteiger partial charge in [-0.25, -0.2) is 0 Å². The first kappa shape index (κ1) is 17.3. The number of benzene rings is 2. The van der Waals surface area contributed by atoms with Gasteiger partial charge in [0.2, 0.25) is 0 Å². The highest BCUT2D eigenvalue weighted by Crippen LogP contribution is 2.18. The summed E-state index contributed by atoms with van der Waals surface area (Å²) in [5.74, 6) is 0.461. The molecule has 0 aliphatic heterocycles. The number of nitrogens with one attached hydrogen (secondary N) is 2. The van der Waals surface area contributed by atoms with Crippen LogP contribution in [-0.2, 0) is 0 Å².